The van der Waals surface area contributed by atoms with E-state index in [1.807, 2.05) is 28.9 Å². The summed E-state index contributed by atoms with van der Waals surface area (Å²) < 4.78 is 13.1. The molecule has 0 bridgehead atoms. The number of H-pyrrole nitrogens is 1. The van der Waals surface area contributed by atoms with Gasteiger partial charge in [-0.2, -0.15) is 0 Å². The van der Waals surface area contributed by atoms with E-state index in [9.17, 15) is 4.79 Å². The number of ether oxygens (including phenoxy) is 2. The van der Waals surface area contributed by atoms with Crippen molar-refractivity contribution in [2.45, 2.75) is 37.8 Å². The Hall–Kier alpha value is -3.92. The first-order valence-corrected chi connectivity index (χ1v) is 13.0. The van der Waals surface area contributed by atoms with E-state index in [0.29, 0.717) is 17.1 Å². The molecular formula is C27H29N7O3. The summed E-state index contributed by atoms with van der Waals surface area (Å²) in [7, 11) is 0. The van der Waals surface area contributed by atoms with Gasteiger partial charge in [0.05, 0.1) is 11.6 Å². The Morgan fingerprint density at radius 1 is 0.946 bits per heavy atom. The molecular weight excluding hydrogens is 470 g/mol. The van der Waals surface area contributed by atoms with Gasteiger partial charge in [-0.3, -0.25) is 9.69 Å². The number of para-hydroxylation sites is 1. The van der Waals surface area contributed by atoms with E-state index >= 15 is 0 Å². The molecule has 37 heavy (non-hydrogen) atoms. The number of anilines is 1. The fourth-order valence-corrected chi connectivity index (χ4v) is 5.98. The molecule has 0 spiro atoms. The number of piperazine rings is 1. The van der Waals surface area contributed by atoms with E-state index in [4.69, 9.17) is 9.47 Å². The van der Waals surface area contributed by atoms with E-state index in [0.717, 1.165) is 55.7 Å². The van der Waals surface area contributed by atoms with E-state index in [1.54, 1.807) is 0 Å². The fraction of sp³-hybridized carbons (Fsp3) is 0.407. The number of nitrogens with one attached hydrogen (secondary N) is 1. The van der Waals surface area contributed by atoms with E-state index in [-0.39, 0.29) is 24.4 Å². The molecule has 1 saturated carbocycles. The minimum absolute atomic E-state index is 0.136. The minimum Gasteiger partial charge on any atom is -0.454 e. The molecule has 0 unspecified atom stereocenters. The monoisotopic (exact) mass is 499 g/mol. The average molecular weight is 500 g/mol. The minimum atomic E-state index is -0.355. The van der Waals surface area contributed by atoms with Crippen LogP contribution in [0.15, 0.2) is 53.3 Å². The van der Waals surface area contributed by atoms with Crippen LogP contribution in [0, 0.1) is 0 Å². The summed E-state index contributed by atoms with van der Waals surface area (Å²) in [5.41, 5.74) is 2.45. The van der Waals surface area contributed by atoms with Crippen LogP contribution in [0.3, 0.4) is 0 Å². The number of pyridine rings is 1. The number of aromatic nitrogens is 5. The molecule has 1 saturated heterocycles. The van der Waals surface area contributed by atoms with E-state index in [2.05, 4.69) is 54.6 Å². The van der Waals surface area contributed by atoms with Gasteiger partial charge < -0.3 is 19.4 Å². The lowest BCUT2D eigenvalue weighted by molar-refractivity contribution is 0.174. The van der Waals surface area contributed by atoms with Gasteiger partial charge in [0.2, 0.25) is 6.79 Å². The van der Waals surface area contributed by atoms with Gasteiger partial charge in [-0.15, -0.1) is 5.10 Å². The number of hydrogen-bond acceptors (Lipinski definition) is 8. The Bertz CT molecular complexity index is 1470. The molecule has 0 amide bonds. The molecule has 1 N–H and O–H groups in total. The molecule has 10 nitrogen and oxygen atoms in total. The highest BCUT2D eigenvalue weighted by Crippen LogP contribution is 2.37. The van der Waals surface area contributed by atoms with Crippen molar-refractivity contribution in [2.75, 3.05) is 37.9 Å². The second-order valence-electron chi connectivity index (χ2n) is 10.0. The Morgan fingerprint density at radius 2 is 1.70 bits per heavy atom. The fourth-order valence-electron chi connectivity index (χ4n) is 5.98. The van der Waals surface area contributed by atoms with Crippen LogP contribution in [0.25, 0.3) is 10.9 Å². The van der Waals surface area contributed by atoms with Crippen molar-refractivity contribution in [3.63, 3.8) is 0 Å². The molecule has 4 heterocycles. The molecule has 2 aromatic heterocycles. The maximum atomic E-state index is 13.6. The smallest absolute Gasteiger partial charge is 0.253 e. The summed E-state index contributed by atoms with van der Waals surface area (Å²) in [4.78, 5) is 21.4. The maximum Gasteiger partial charge on any atom is 0.253 e. The molecule has 0 radical (unpaired) electrons. The van der Waals surface area contributed by atoms with Gasteiger partial charge >= 0.3 is 0 Å². The summed E-state index contributed by atoms with van der Waals surface area (Å²) in [5.74, 6) is 2.08. The third-order valence-electron chi connectivity index (χ3n) is 7.89. The first-order chi connectivity index (χ1) is 18.2. The first-order valence-electron chi connectivity index (χ1n) is 13.0. The third kappa shape index (κ3) is 4.01. The van der Waals surface area contributed by atoms with Gasteiger partial charge in [0, 0.05) is 48.9 Å². The number of tetrazole rings is 1. The standard InChI is InChI=1S/C27H29N7O3/c35-27-21(14-18-15-23-24(37-17-36-23)16-22(18)28-27)25(26-29-30-31-34(26)20-8-4-5-9-20)33-12-10-32(11-13-33)19-6-2-1-3-7-19/h1-3,6-7,14-16,20,25H,4-5,8-13,17H2,(H,28,35)/t25-/m1/s1. The SMILES string of the molecule is O=c1[nH]c2cc3c(cc2cc1[C@H](c1nnnn1C1CCCC1)N1CCN(c2ccccc2)CC1)OCO3. The van der Waals surface area contributed by atoms with Crippen LogP contribution >= 0.6 is 0 Å². The van der Waals surface area contributed by atoms with Gasteiger partial charge in [-0.1, -0.05) is 31.0 Å². The zero-order valence-corrected chi connectivity index (χ0v) is 20.5. The number of benzene rings is 2. The molecule has 1 atom stereocenters. The van der Waals surface area contributed by atoms with Crippen LogP contribution in [0.5, 0.6) is 11.5 Å². The summed E-state index contributed by atoms with van der Waals surface area (Å²) >= 11 is 0. The number of nitrogens with zero attached hydrogens (tertiary/aromatic N) is 6. The zero-order chi connectivity index (χ0) is 24.8. The molecule has 2 aliphatic heterocycles. The summed E-state index contributed by atoms with van der Waals surface area (Å²) in [6, 6.07) is 16.1. The van der Waals surface area contributed by atoms with E-state index in [1.165, 1.54) is 18.5 Å². The molecule has 2 aromatic carbocycles. The lowest BCUT2D eigenvalue weighted by Crippen LogP contribution is -2.49. The van der Waals surface area contributed by atoms with Crippen LogP contribution in [-0.2, 0) is 0 Å². The third-order valence-corrected chi connectivity index (χ3v) is 7.89. The maximum absolute atomic E-state index is 13.6. The number of fused-ring (bicyclic) bond motifs is 2. The van der Waals surface area contributed by atoms with Gasteiger partial charge in [0.1, 0.15) is 6.04 Å². The largest absolute Gasteiger partial charge is 0.454 e. The lowest BCUT2D eigenvalue weighted by atomic mass is 10.0. The topological polar surface area (TPSA) is 101 Å². The van der Waals surface area contributed by atoms with Crippen molar-refractivity contribution >= 4 is 16.6 Å². The summed E-state index contributed by atoms with van der Waals surface area (Å²) in [6.07, 6.45) is 4.47. The molecule has 4 aromatic rings. The number of hydrogen-bond donors (Lipinski definition) is 1. The van der Waals surface area contributed by atoms with Gasteiger partial charge in [-0.05, 0) is 47.5 Å². The number of aromatic amines is 1. The normalized spacial score (nSPS) is 19.1. The van der Waals surface area contributed by atoms with Crippen molar-refractivity contribution in [3.8, 4) is 11.5 Å². The average Bonchev–Trinajstić information content (AvgIpc) is 3.71. The Kier molecular flexibility index (Phi) is 5.53. The van der Waals surface area contributed by atoms with Gasteiger partial charge in [-0.25, -0.2) is 4.68 Å². The number of rotatable bonds is 5. The predicted octanol–water partition coefficient (Wildman–Crippen LogP) is 3.27. The highest BCUT2D eigenvalue weighted by atomic mass is 16.7. The molecule has 7 rings (SSSR count). The van der Waals surface area contributed by atoms with Crippen molar-refractivity contribution in [1.29, 1.82) is 0 Å². The molecule has 3 aliphatic rings. The van der Waals surface area contributed by atoms with Crippen LogP contribution in [0.4, 0.5) is 5.69 Å². The van der Waals surface area contributed by atoms with Crippen LogP contribution in [0.1, 0.15) is 49.2 Å². The van der Waals surface area contributed by atoms with Crippen LogP contribution in [-0.4, -0.2) is 63.1 Å². The summed E-state index contributed by atoms with van der Waals surface area (Å²) in [6.45, 7) is 3.48. The van der Waals surface area contributed by atoms with Crippen LogP contribution < -0.4 is 19.9 Å². The zero-order valence-electron chi connectivity index (χ0n) is 20.5. The van der Waals surface area contributed by atoms with Crippen LogP contribution in [0.2, 0.25) is 0 Å². The first kappa shape index (κ1) is 22.3. The van der Waals surface area contributed by atoms with E-state index < -0.39 is 0 Å². The van der Waals surface area contributed by atoms with Crippen molar-refractivity contribution in [1.82, 2.24) is 30.1 Å². The van der Waals surface area contributed by atoms with Crippen molar-refractivity contribution in [2.24, 2.45) is 0 Å². The van der Waals surface area contributed by atoms with Gasteiger partial charge in [0.25, 0.3) is 5.56 Å². The van der Waals surface area contributed by atoms with Gasteiger partial charge in [0.15, 0.2) is 17.3 Å². The highest BCUT2D eigenvalue weighted by Gasteiger charge is 2.35. The van der Waals surface area contributed by atoms with Crippen molar-refractivity contribution in [3.05, 3.63) is 70.3 Å². The lowest BCUT2D eigenvalue weighted by Gasteiger charge is -2.39. The van der Waals surface area contributed by atoms with Crippen molar-refractivity contribution < 1.29 is 9.47 Å². The molecule has 2 fully saturated rings. The Morgan fingerprint density at radius 3 is 2.49 bits per heavy atom. The second kappa shape index (κ2) is 9.19. The Balaban J connectivity index is 1.29. The highest BCUT2D eigenvalue weighted by molar-refractivity contribution is 5.83. The molecule has 190 valence electrons. The molecule has 10 heteroatoms. The predicted molar refractivity (Wildman–Crippen MR) is 138 cm³/mol. The second-order valence-corrected chi connectivity index (χ2v) is 10.0. The summed E-state index contributed by atoms with van der Waals surface area (Å²) in [5, 5.41) is 13.9. The Labute approximate surface area is 213 Å². The quantitative estimate of drug-likeness (QED) is 0.447. The molecule has 1 aliphatic carbocycles.